The number of hydrogen-bond acceptors (Lipinski definition) is 3. The van der Waals surface area contributed by atoms with Gasteiger partial charge in [0, 0.05) is 36.3 Å². The van der Waals surface area contributed by atoms with Crippen molar-refractivity contribution in [2.45, 2.75) is 47.2 Å². The number of fused-ring (bicyclic) bond motifs is 1. The van der Waals surface area contributed by atoms with E-state index in [1.165, 1.54) is 5.69 Å². The van der Waals surface area contributed by atoms with Crippen LogP contribution in [0, 0.1) is 20.8 Å². The smallest absolute Gasteiger partial charge is 0.191 e. The standard InChI is InChI=1S/C21H29N5O.HI/c1-5-22-21(23-11-8-12-26-16(3)13-15(2)25-26)24-14-20-17(4)18-9-6-7-10-19(18)27-20;/h6-7,9-10,13H,5,8,11-12,14H2,1-4H3,(H2,22,23,24);1H. The van der Waals surface area contributed by atoms with Gasteiger partial charge in [-0.05, 0) is 46.2 Å². The summed E-state index contributed by atoms with van der Waals surface area (Å²) in [6, 6.07) is 10.2. The van der Waals surface area contributed by atoms with E-state index in [2.05, 4.69) is 58.3 Å². The molecule has 0 saturated heterocycles. The van der Waals surface area contributed by atoms with Gasteiger partial charge >= 0.3 is 0 Å². The van der Waals surface area contributed by atoms with Crippen LogP contribution >= 0.6 is 24.0 Å². The summed E-state index contributed by atoms with van der Waals surface area (Å²) < 4.78 is 8.01. The van der Waals surface area contributed by atoms with Crippen LogP contribution in [0.1, 0.15) is 36.1 Å². The van der Waals surface area contributed by atoms with Gasteiger partial charge in [0.25, 0.3) is 0 Å². The van der Waals surface area contributed by atoms with Crippen LogP contribution in [0.15, 0.2) is 39.7 Å². The zero-order valence-corrected chi connectivity index (χ0v) is 19.4. The van der Waals surface area contributed by atoms with E-state index in [-0.39, 0.29) is 24.0 Å². The van der Waals surface area contributed by atoms with Crippen LogP contribution in [0.3, 0.4) is 0 Å². The van der Waals surface area contributed by atoms with Crippen molar-refractivity contribution in [3.05, 3.63) is 53.0 Å². The molecular weight excluding hydrogens is 465 g/mol. The second kappa shape index (κ2) is 10.5. The van der Waals surface area contributed by atoms with Gasteiger partial charge in [0.05, 0.1) is 5.69 Å². The Bertz CT molecular complexity index is 928. The van der Waals surface area contributed by atoms with Gasteiger partial charge in [0.2, 0.25) is 0 Å². The number of nitrogens with zero attached hydrogens (tertiary/aromatic N) is 3. The van der Waals surface area contributed by atoms with Crippen molar-refractivity contribution in [1.82, 2.24) is 20.4 Å². The number of halogens is 1. The Morgan fingerprint density at radius 2 is 1.96 bits per heavy atom. The number of aromatic nitrogens is 2. The highest BCUT2D eigenvalue weighted by atomic mass is 127. The number of aliphatic imine (C=N–C) groups is 1. The Morgan fingerprint density at radius 3 is 2.64 bits per heavy atom. The first-order valence-electron chi connectivity index (χ1n) is 9.58. The largest absolute Gasteiger partial charge is 0.459 e. The average molecular weight is 495 g/mol. The molecule has 0 atom stereocenters. The second-order valence-corrected chi connectivity index (χ2v) is 6.77. The van der Waals surface area contributed by atoms with Gasteiger partial charge in [0.15, 0.2) is 5.96 Å². The van der Waals surface area contributed by atoms with E-state index in [9.17, 15) is 0 Å². The molecule has 0 spiro atoms. The summed E-state index contributed by atoms with van der Waals surface area (Å²) in [5, 5.41) is 12.4. The SMILES string of the molecule is CCNC(=NCc1oc2ccccc2c1C)NCCCn1nc(C)cc1C.I. The summed E-state index contributed by atoms with van der Waals surface area (Å²) >= 11 is 0. The normalized spacial score (nSPS) is 11.5. The zero-order valence-electron chi connectivity index (χ0n) is 17.1. The van der Waals surface area contributed by atoms with Crippen LogP contribution in [0.2, 0.25) is 0 Å². The topological polar surface area (TPSA) is 67.4 Å². The minimum Gasteiger partial charge on any atom is -0.459 e. The molecule has 7 heteroatoms. The predicted octanol–water partition coefficient (Wildman–Crippen LogP) is 4.32. The predicted molar refractivity (Wildman–Crippen MR) is 126 cm³/mol. The lowest BCUT2D eigenvalue weighted by Gasteiger charge is -2.11. The van der Waals surface area contributed by atoms with Crippen molar-refractivity contribution in [2.24, 2.45) is 4.99 Å². The Labute approximate surface area is 183 Å². The van der Waals surface area contributed by atoms with Gasteiger partial charge in [0.1, 0.15) is 17.9 Å². The Morgan fingerprint density at radius 1 is 1.18 bits per heavy atom. The first-order valence-corrected chi connectivity index (χ1v) is 9.58. The fourth-order valence-corrected chi connectivity index (χ4v) is 3.21. The lowest BCUT2D eigenvalue weighted by atomic mass is 10.1. The molecular formula is C21H30IN5O. The van der Waals surface area contributed by atoms with Crippen LogP contribution in [0.5, 0.6) is 0 Å². The van der Waals surface area contributed by atoms with Gasteiger partial charge in [-0.1, -0.05) is 18.2 Å². The molecule has 6 nitrogen and oxygen atoms in total. The average Bonchev–Trinajstić information content (AvgIpc) is 3.15. The van der Waals surface area contributed by atoms with Crippen molar-refractivity contribution in [2.75, 3.05) is 13.1 Å². The first kappa shape index (κ1) is 22.3. The molecule has 0 aliphatic heterocycles. The van der Waals surface area contributed by atoms with Crippen LogP contribution < -0.4 is 10.6 Å². The Hall–Kier alpha value is -2.03. The quantitative estimate of drug-likeness (QED) is 0.222. The van der Waals surface area contributed by atoms with Crippen molar-refractivity contribution in [1.29, 1.82) is 0 Å². The number of benzene rings is 1. The summed E-state index contributed by atoms with van der Waals surface area (Å²) in [6.07, 6.45) is 0.982. The molecule has 0 amide bonds. The highest BCUT2D eigenvalue weighted by molar-refractivity contribution is 14.0. The number of guanidine groups is 1. The maximum Gasteiger partial charge on any atom is 0.191 e. The molecule has 0 unspecified atom stereocenters. The molecule has 0 radical (unpaired) electrons. The van der Waals surface area contributed by atoms with Crippen LogP contribution in [0.4, 0.5) is 0 Å². The van der Waals surface area contributed by atoms with E-state index in [0.29, 0.717) is 6.54 Å². The van der Waals surface area contributed by atoms with E-state index in [0.717, 1.165) is 60.0 Å². The van der Waals surface area contributed by atoms with Gasteiger partial charge in [-0.3, -0.25) is 4.68 Å². The summed E-state index contributed by atoms with van der Waals surface area (Å²) in [6.45, 7) is 11.4. The summed E-state index contributed by atoms with van der Waals surface area (Å²) in [5.41, 5.74) is 4.35. The Balaban J connectivity index is 0.00000280. The molecule has 0 aliphatic carbocycles. The summed E-state index contributed by atoms with van der Waals surface area (Å²) in [7, 11) is 0. The third-order valence-electron chi connectivity index (χ3n) is 4.61. The number of nitrogens with one attached hydrogen (secondary N) is 2. The molecule has 1 aromatic carbocycles. The molecule has 3 aromatic rings. The van der Waals surface area contributed by atoms with Crippen LogP contribution in [-0.4, -0.2) is 28.8 Å². The number of hydrogen-bond donors (Lipinski definition) is 2. The number of para-hydroxylation sites is 1. The fourth-order valence-electron chi connectivity index (χ4n) is 3.21. The lowest BCUT2D eigenvalue weighted by molar-refractivity contribution is 0.544. The summed E-state index contributed by atoms with van der Waals surface area (Å²) in [4.78, 5) is 4.68. The van der Waals surface area contributed by atoms with Crippen LogP contribution in [-0.2, 0) is 13.1 Å². The second-order valence-electron chi connectivity index (χ2n) is 6.77. The molecule has 0 saturated carbocycles. The number of aryl methyl sites for hydroxylation is 4. The van der Waals surface area contributed by atoms with Gasteiger partial charge in [-0.15, -0.1) is 24.0 Å². The molecule has 0 aliphatic rings. The van der Waals surface area contributed by atoms with Crippen molar-refractivity contribution < 1.29 is 4.42 Å². The molecule has 28 heavy (non-hydrogen) atoms. The van der Waals surface area contributed by atoms with Crippen molar-refractivity contribution in [3.63, 3.8) is 0 Å². The van der Waals surface area contributed by atoms with Crippen molar-refractivity contribution >= 4 is 40.9 Å². The van der Waals surface area contributed by atoms with Gasteiger partial charge in [-0.25, -0.2) is 4.99 Å². The highest BCUT2D eigenvalue weighted by Gasteiger charge is 2.09. The molecule has 0 bridgehead atoms. The first-order chi connectivity index (χ1) is 13.1. The maximum absolute atomic E-state index is 5.95. The minimum atomic E-state index is 0. The monoisotopic (exact) mass is 495 g/mol. The van der Waals surface area contributed by atoms with E-state index < -0.39 is 0 Å². The minimum absolute atomic E-state index is 0. The Kier molecular flexibility index (Phi) is 8.35. The lowest BCUT2D eigenvalue weighted by Crippen LogP contribution is -2.38. The third kappa shape index (κ3) is 5.50. The number of furan rings is 1. The maximum atomic E-state index is 5.95. The molecule has 2 heterocycles. The van der Waals surface area contributed by atoms with E-state index >= 15 is 0 Å². The molecule has 3 rings (SSSR count). The third-order valence-corrected chi connectivity index (χ3v) is 4.61. The van der Waals surface area contributed by atoms with Crippen molar-refractivity contribution in [3.8, 4) is 0 Å². The zero-order chi connectivity index (χ0) is 19.2. The fraction of sp³-hybridized carbons (Fsp3) is 0.429. The van der Waals surface area contributed by atoms with E-state index in [4.69, 9.17) is 4.42 Å². The number of rotatable bonds is 7. The molecule has 2 aromatic heterocycles. The van der Waals surface area contributed by atoms with Gasteiger partial charge in [-0.2, -0.15) is 5.10 Å². The molecule has 2 N–H and O–H groups in total. The molecule has 0 fully saturated rings. The van der Waals surface area contributed by atoms with Crippen LogP contribution in [0.25, 0.3) is 11.0 Å². The van der Waals surface area contributed by atoms with E-state index in [1.54, 1.807) is 0 Å². The summed E-state index contributed by atoms with van der Waals surface area (Å²) in [5.74, 6) is 1.72. The van der Waals surface area contributed by atoms with E-state index in [1.807, 2.05) is 25.1 Å². The van der Waals surface area contributed by atoms with Gasteiger partial charge < -0.3 is 15.1 Å². The molecule has 152 valence electrons. The highest BCUT2D eigenvalue weighted by Crippen LogP contribution is 2.25.